The first-order valence-electron chi connectivity index (χ1n) is 8.86. The van der Waals surface area contributed by atoms with E-state index in [1.807, 2.05) is 0 Å². The maximum atomic E-state index is 13.2. The number of nitro groups is 1. The molecule has 4 heterocycles. The second-order valence-corrected chi connectivity index (χ2v) is 7.34. The molecule has 3 saturated heterocycles. The van der Waals surface area contributed by atoms with Crippen LogP contribution in [-0.2, 0) is 0 Å². The molecule has 0 aliphatic carbocycles. The van der Waals surface area contributed by atoms with Crippen molar-refractivity contribution in [2.45, 2.75) is 18.9 Å². The fraction of sp³-hybridized carbons (Fsp3) is 0.368. The van der Waals surface area contributed by atoms with Crippen LogP contribution >= 0.6 is 0 Å². The lowest BCUT2D eigenvalue weighted by atomic mass is 9.81. The number of nitro benzene ring substituents is 1. The first-order chi connectivity index (χ1) is 12.5. The van der Waals surface area contributed by atoms with E-state index in [1.54, 1.807) is 18.2 Å². The predicted octanol–water partition coefficient (Wildman–Crippen LogP) is 2.44. The summed E-state index contributed by atoms with van der Waals surface area (Å²) in [5, 5.41) is 12.4. The average Bonchev–Trinajstić information content (AvgIpc) is 2.66. The second kappa shape index (κ2) is 5.35. The van der Waals surface area contributed by atoms with E-state index in [4.69, 9.17) is 0 Å². The fourth-order valence-electron chi connectivity index (χ4n) is 4.74. The highest BCUT2D eigenvalue weighted by Gasteiger charge is 2.45. The highest BCUT2D eigenvalue weighted by molar-refractivity contribution is 6.26. The average molecular weight is 351 g/mol. The van der Waals surface area contributed by atoms with Crippen LogP contribution < -0.4 is 0 Å². The van der Waals surface area contributed by atoms with E-state index in [9.17, 15) is 19.7 Å². The van der Waals surface area contributed by atoms with Crippen LogP contribution in [-0.4, -0.2) is 52.2 Å². The van der Waals surface area contributed by atoms with Gasteiger partial charge in [0.1, 0.15) is 0 Å². The first-order valence-corrected chi connectivity index (χ1v) is 8.86. The van der Waals surface area contributed by atoms with Crippen molar-refractivity contribution in [1.82, 2.24) is 9.80 Å². The van der Waals surface area contributed by atoms with Crippen molar-refractivity contribution in [3.8, 4) is 0 Å². The van der Waals surface area contributed by atoms with Gasteiger partial charge >= 0.3 is 0 Å². The minimum Gasteiger partial charge on any atom is -0.301 e. The van der Waals surface area contributed by atoms with E-state index in [0.29, 0.717) is 28.8 Å². The summed E-state index contributed by atoms with van der Waals surface area (Å²) in [6, 6.07) is 7.72. The molecule has 4 aliphatic heterocycles. The van der Waals surface area contributed by atoms with Gasteiger partial charge in [-0.15, -0.1) is 0 Å². The summed E-state index contributed by atoms with van der Waals surface area (Å²) in [7, 11) is 0. The van der Waals surface area contributed by atoms with Crippen LogP contribution in [0.2, 0.25) is 0 Å². The van der Waals surface area contributed by atoms with Crippen molar-refractivity contribution in [3.05, 3.63) is 51.6 Å². The summed E-state index contributed by atoms with van der Waals surface area (Å²) in [5.74, 6) is -0.366. The maximum absolute atomic E-state index is 13.2. The molecule has 0 spiro atoms. The quantitative estimate of drug-likeness (QED) is 0.471. The largest absolute Gasteiger partial charge is 0.301 e. The zero-order valence-electron chi connectivity index (χ0n) is 14.1. The Morgan fingerprint density at radius 3 is 2.42 bits per heavy atom. The lowest BCUT2D eigenvalue weighted by Crippen LogP contribution is -2.60. The molecule has 6 rings (SSSR count). The molecule has 0 N–H and O–H groups in total. The standard InChI is InChI=1S/C19H17N3O4/c23-18-14-3-1-2-12-8-13(22(25)26)9-15(17(12)14)19(24)21(18)16-10-20-6-4-11(16)5-7-20/h1-3,8-9,11,16H,4-7,10H2. The van der Waals surface area contributed by atoms with E-state index in [-0.39, 0.29) is 23.2 Å². The van der Waals surface area contributed by atoms with Gasteiger partial charge in [0.15, 0.2) is 0 Å². The van der Waals surface area contributed by atoms with Gasteiger partial charge < -0.3 is 4.90 Å². The van der Waals surface area contributed by atoms with Gasteiger partial charge in [0, 0.05) is 29.6 Å². The minimum absolute atomic E-state index is 0.124. The Morgan fingerprint density at radius 2 is 1.77 bits per heavy atom. The van der Waals surface area contributed by atoms with E-state index in [0.717, 1.165) is 25.9 Å². The zero-order valence-corrected chi connectivity index (χ0v) is 14.1. The van der Waals surface area contributed by atoms with Gasteiger partial charge in [-0.3, -0.25) is 24.6 Å². The number of non-ortho nitro benzene ring substituents is 1. The summed E-state index contributed by atoms with van der Waals surface area (Å²) in [6.45, 7) is 2.71. The summed E-state index contributed by atoms with van der Waals surface area (Å²) in [6.07, 6.45) is 1.96. The van der Waals surface area contributed by atoms with E-state index < -0.39 is 10.8 Å². The molecular weight excluding hydrogens is 334 g/mol. The SMILES string of the molecule is O=C1c2cccc3cc([N+](=O)[O-])cc(c23)C(=O)N1C1CN2CCC1CC2. The molecule has 2 aromatic rings. The number of amides is 2. The minimum atomic E-state index is -0.495. The van der Waals surface area contributed by atoms with Crippen molar-refractivity contribution in [2.75, 3.05) is 19.6 Å². The van der Waals surface area contributed by atoms with Gasteiger partial charge in [-0.05, 0) is 43.3 Å². The number of fused-ring (bicyclic) bond motifs is 3. The highest BCUT2D eigenvalue weighted by Crippen LogP contribution is 2.38. The molecule has 2 bridgehead atoms. The van der Waals surface area contributed by atoms with Crippen molar-refractivity contribution in [3.63, 3.8) is 0 Å². The van der Waals surface area contributed by atoms with Crippen LogP contribution in [0.1, 0.15) is 33.6 Å². The van der Waals surface area contributed by atoms with Gasteiger partial charge in [0.05, 0.1) is 16.5 Å². The third-order valence-corrected chi connectivity index (χ3v) is 6.02. The topological polar surface area (TPSA) is 83.8 Å². The van der Waals surface area contributed by atoms with Crippen molar-refractivity contribution < 1.29 is 14.5 Å². The molecule has 2 aromatic carbocycles. The van der Waals surface area contributed by atoms with Crippen LogP contribution in [0.5, 0.6) is 0 Å². The Kier molecular flexibility index (Phi) is 3.18. The summed E-state index contributed by atoms with van der Waals surface area (Å²) in [4.78, 5) is 40.8. The van der Waals surface area contributed by atoms with Gasteiger partial charge in [-0.25, -0.2) is 0 Å². The molecule has 7 nitrogen and oxygen atoms in total. The Balaban J connectivity index is 1.68. The maximum Gasteiger partial charge on any atom is 0.270 e. The smallest absolute Gasteiger partial charge is 0.270 e. The Morgan fingerprint density at radius 1 is 1.04 bits per heavy atom. The van der Waals surface area contributed by atoms with Crippen molar-refractivity contribution in [1.29, 1.82) is 0 Å². The lowest BCUT2D eigenvalue weighted by Gasteiger charge is -2.48. The number of nitrogens with zero attached hydrogens (tertiary/aromatic N) is 3. The van der Waals surface area contributed by atoms with Crippen molar-refractivity contribution in [2.24, 2.45) is 5.92 Å². The van der Waals surface area contributed by atoms with Crippen LogP contribution in [0.4, 0.5) is 5.69 Å². The molecule has 26 heavy (non-hydrogen) atoms. The molecule has 132 valence electrons. The molecule has 3 fully saturated rings. The van der Waals surface area contributed by atoms with E-state index in [1.165, 1.54) is 17.0 Å². The third-order valence-electron chi connectivity index (χ3n) is 6.02. The van der Waals surface area contributed by atoms with Gasteiger partial charge in [-0.1, -0.05) is 12.1 Å². The normalized spacial score (nSPS) is 27.2. The van der Waals surface area contributed by atoms with Crippen LogP contribution in [0, 0.1) is 16.0 Å². The van der Waals surface area contributed by atoms with Gasteiger partial charge in [0.2, 0.25) is 0 Å². The molecule has 0 saturated carbocycles. The predicted molar refractivity (Wildman–Crippen MR) is 94.1 cm³/mol. The van der Waals surface area contributed by atoms with E-state index in [2.05, 4.69) is 4.90 Å². The lowest BCUT2D eigenvalue weighted by molar-refractivity contribution is -0.384. The first kappa shape index (κ1) is 15.5. The second-order valence-electron chi connectivity index (χ2n) is 7.34. The molecule has 4 aliphatic rings. The zero-order chi connectivity index (χ0) is 18.0. The molecular formula is C19H17N3O4. The third kappa shape index (κ3) is 2.03. The molecule has 7 heteroatoms. The number of benzene rings is 2. The molecule has 1 atom stereocenters. The Hall–Kier alpha value is -2.80. The summed E-state index contributed by atoms with van der Waals surface area (Å²) < 4.78 is 0. The van der Waals surface area contributed by atoms with E-state index >= 15 is 0 Å². The van der Waals surface area contributed by atoms with Gasteiger partial charge in [-0.2, -0.15) is 0 Å². The van der Waals surface area contributed by atoms with Crippen LogP contribution in [0.3, 0.4) is 0 Å². The summed E-state index contributed by atoms with van der Waals surface area (Å²) in [5.41, 5.74) is 0.602. The number of carbonyl (C=O) groups is 2. The fourth-order valence-corrected chi connectivity index (χ4v) is 4.74. The van der Waals surface area contributed by atoms with Crippen LogP contribution in [0.25, 0.3) is 10.8 Å². The molecule has 1 unspecified atom stereocenters. The Labute approximate surface area is 149 Å². The molecule has 2 amide bonds. The Bertz CT molecular complexity index is 978. The molecule has 0 aromatic heterocycles. The summed E-state index contributed by atoms with van der Waals surface area (Å²) >= 11 is 0. The monoisotopic (exact) mass is 351 g/mol. The number of carbonyl (C=O) groups excluding carboxylic acids is 2. The number of rotatable bonds is 2. The van der Waals surface area contributed by atoms with Crippen molar-refractivity contribution >= 4 is 28.3 Å². The number of hydrogen-bond donors (Lipinski definition) is 0. The number of hydrogen-bond acceptors (Lipinski definition) is 5. The number of imide groups is 1. The number of piperidine rings is 3. The van der Waals surface area contributed by atoms with Gasteiger partial charge in [0.25, 0.3) is 17.5 Å². The molecule has 0 radical (unpaired) electrons. The highest BCUT2D eigenvalue weighted by atomic mass is 16.6. The van der Waals surface area contributed by atoms with Crippen LogP contribution in [0.15, 0.2) is 30.3 Å².